The minimum absolute atomic E-state index is 0.0737. The lowest BCUT2D eigenvalue weighted by Gasteiger charge is -2.23. The van der Waals surface area contributed by atoms with E-state index in [0.29, 0.717) is 12.6 Å². The van der Waals surface area contributed by atoms with Gasteiger partial charge in [0, 0.05) is 25.7 Å². The van der Waals surface area contributed by atoms with Crippen LogP contribution >= 0.6 is 0 Å². The summed E-state index contributed by atoms with van der Waals surface area (Å²) < 4.78 is 0. The fourth-order valence-corrected chi connectivity index (χ4v) is 2.48. The average Bonchev–Trinajstić information content (AvgIpc) is 2.77. The van der Waals surface area contributed by atoms with Gasteiger partial charge in [-0.3, -0.25) is 0 Å². The summed E-state index contributed by atoms with van der Waals surface area (Å²) in [6, 6.07) is 0.608. The maximum atomic E-state index is 11.8. The second kappa shape index (κ2) is 4.17. The van der Waals surface area contributed by atoms with Gasteiger partial charge in [-0.1, -0.05) is 12.8 Å². The maximum absolute atomic E-state index is 11.8. The zero-order valence-electron chi connectivity index (χ0n) is 8.48. The molecule has 2 rings (SSSR count). The monoisotopic (exact) mass is 198 g/mol. The summed E-state index contributed by atoms with van der Waals surface area (Å²) in [6.07, 6.45) is 4.85. The van der Waals surface area contributed by atoms with Gasteiger partial charge in [-0.15, -0.1) is 0 Å². The molecule has 0 bridgehead atoms. The first-order valence-electron chi connectivity index (χ1n) is 5.49. The number of β-amino-alcohol motifs (C(OH)–C–C–N with tert-alkyl or cyclic N) is 1. The molecule has 0 unspecified atom stereocenters. The summed E-state index contributed by atoms with van der Waals surface area (Å²) in [4.78, 5) is 15.6. The lowest BCUT2D eigenvalue weighted by atomic mass is 10.2. The number of urea groups is 1. The van der Waals surface area contributed by atoms with Crippen molar-refractivity contribution in [2.75, 3.05) is 26.2 Å². The Morgan fingerprint density at radius 2 is 2.00 bits per heavy atom. The number of aliphatic hydroxyl groups is 1. The first-order chi connectivity index (χ1) is 6.83. The fourth-order valence-electron chi connectivity index (χ4n) is 2.48. The van der Waals surface area contributed by atoms with Crippen molar-refractivity contribution < 1.29 is 9.90 Å². The van der Waals surface area contributed by atoms with Crippen molar-refractivity contribution in [3.63, 3.8) is 0 Å². The van der Waals surface area contributed by atoms with Crippen LogP contribution in [0, 0.1) is 0 Å². The predicted octanol–water partition coefficient (Wildman–Crippen LogP) is 0.659. The molecule has 1 heterocycles. The van der Waals surface area contributed by atoms with Gasteiger partial charge in [0.05, 0.1) is 6.61 Å². The summed E-state index contributed by atoms with van der Waals surface area (Å²) in [5.41, 5.74) is 0. The van der Waals surface area contributed by atoms with Gasteiger partial charge in [0.15, 0.2) is 0 Å². The Bertz CT molecular complexity index is 214. The Labute approximate surface area is 84.5 Å². The molecule has 14 heavy (non-hydrogen) atoms. The molecule has 2 aliphatic rings. The third-order valence-electron chi connectivity index (χ3n) is 3.26. The van der Waals surface area contributed by atoms with E-state index in [1.54, 1.807) is 4.90 Å². The molecule has 1 aliphatic carbocycles. The van der Waals surface area contributed by atoms with Crippen molar-refractivity contribution >= 4 is 6.03 Å². The highest BCUT2D eigenvalue weighted by Gasteiger charge is 2.34. The molecule has 0 radical (unpaired) electrons. The Balaban J connectivity index is 1.92. The van der Waals surface area contributed by atoms with Gasteiger partial charge in [0.25, 0.3) is 0 Å². The quantitative estimate of drug-likeness (QED) is 0.724. The van der Waals surface area contributed by atoms with Gasteiger partial charge < -0.3 is 14.9 Å². The van der Waals surface area contributed by atoms with E-state index in [1.165, 1.54) is 25.7 Å². The Morgan fingerprint density at radius 3 is 2.64 bits per heavy atom. The maximum Gasteiger partial charge on any atom is 0.320 e. The van der Waals surface area contributed by atoms with E-state index < -0.39 is 0 Å². The molecule has 1 aliphatic heterocycles. The first-order valence-corrected chi connectivity index (χ1v) is 5.49. The molecule has 1 saturated carbocycles. The normalized spacial score (nSPS) is 23.9. The minimum atomic E-state index is 0.0737. The smallest absolute Gasteiger partial charge is 0.320 e. The number of carbonyl (C=O) groups excluding carboxylic acids is 1. The van der Waals surface area contributed by atoms with E-state index in [4.69, 9.17) is 5.11 Å². The van der Waals surface area contributed by atoms with Gasteiger partial charge in [-0.2, -0.15) is 0 Å². The highest BCUT2D eigenvalue weighted by Crippen LogP contribution is 2.26. The molecule has 4 nitrogen and oxygen atoms in total. The SMILES string of the molecule is O=C1N(CCO)CCN1C1CCCC1. The van der Waals surface area contributed by atoms with E-state index >= 15 is 0 Å². The van der Waals surface area contributed by atoms with Crippen LogP contribution in [0.5, 0.6) is 0 Å². The fraction of sp³-hybridized carbons (Fsp3) is 0.900. The minimum Gasteiger partial charge on any atom is -0.395 e. The predicted molar refractivity (Wildman–Crippen MR) is 53.0 cm³/mol. The lowest BCUT2D eigenvalue weighted by Crippen LogP contribution is -2.38. The van der Waals surface area contributed by atoms with Crippen molar-refractivity contribution in [1.29, 1.82) is 0 Å². The molecule has 0 aromatic carbocycles. The third-order valence-corrected chi connectivity index (χ3v) is 3.26. The second-order valence-electron chi connectivity index (χ2n) is 4.12. The number of aliphatic hydroxyl groups excluding tert-OH is 1. The molecule has 4 heteroatoms. The van der Waals surface area contributed by atoms with Crippen molar-refractivity contribution in [1.82, 2.24) is 9.80 Å². The van der Waals surface area contributed by atoms with E-state index in [9.17, 15) is 4.79 Å². The van der Waals surface area contributed by atoms with Gasteiger partial charge in [-0.05, 0) is 12.8 Å². The summed E-state index contributed by atoms with van der Waals surface area (Å²) in [5, 5.41) is 8.78. The standard InChI is InChI=1S/C10H18N2O2/c13-8-7-11-5-6-12(10(11)14)9-3-1-2-4-9/h9,13H,1-8H2. The van der Waals surface area contributed by atoms with Crippen LogP contribution in [0.3, 0.4) is 0 Å². The number of amides is 2. The first kappa shape index (κ1) is 9.77. The highest BCUT2D eigenvalue weighted by molar-refractivity contribution is 5.76. The van der Waals surface area contributed by atoms with E-state index in [0.717, 1.165) is 13.1 Å². The van der Waals surface area contributed by atoms with Crippen LogP contribution in [0.4, 0.5) is 4.79 Å². The van der Waals surface area contributed by atoms with Crippen LogP contribution in [-0.2, 0) is 0 Å². The van der Waals surface area contributed by atoms with Crippen molar-refractivity contribution in [2.24, 2.45) is 0 Å². The highest BCUT2D eigenvalue weighted by atomic mass is 16.3. The number of rotatable bonds is 3. The largest absolute Gasteiger partial charge is 0.395 e. The number of carbonyl (C=O) groups is 1. The molecule has 0 atom stereocenters. The molecule has 2 fully saturated rings. The molecular weight excluding hydrogens is 180 g/mol. The van der Waals surface area contributed by atoms with Crippen LogP contribution in [0.2, 0.25) is 0 Å². The van der Waals surface area contributed by atoms with Crippen molar-refractivity contribution in [3.8, 4) is 0 Å². The van der Waals surface area contributed by atoms with Crippen LogP contribution in [0.15, 0.2) is 0 Å². The van der Waals surface area contributed by atoms with Gasteiger partial charge in [0.2, 0.25) is 0 Å². The Hall–Kier alpha value is -0.770. The summed E-state index contributed by atoms with van der Waals surface area (Å²) in [5.74, 6) is 0. The molecule has 80 valence electrons. The van der Waals surface area contributed by atoms with Gasteiger partial charge in [-0.25, -0.2) is 4.79 Å². The van der Waals surface area contributed by atoms with E-state index in [2.05, 4.69) is 0 Å². The summed E-state index contributed by atoms with van der Waals surface area (Å²) in [6.45, 7) is 2.20. The van der Waals surface area contributed by atoms with Gasteiger partial charge >= 0.3 is 6.03 Å². The third kappa shape index (κ3) is 1.71. The lowest BCUT2D eigenvalue weighted by molar-refractivity contribution is 0.168. The van der Waals surface area contributed by atoms with E-state index in [-0.39, 0.29) is 12.6 Å². The topological polar surface area (TPSA) is 43.8 Å². The molecule has 0 aromatic heterocycles. The van der Waals surface area contributed by atoms with Gasteiger partial charge in [0.1, 0.15) is 0 Å². The van der Waals surface area contributed by atoms with Crippen LogP contribution < -0.4 is 0 Å². The molecule has 0 aromatic rings. The van der Waals surface area contributed by atoms with Crippen LogP contribution in [0.1, 0.15) is 25.7 Å². The zero-order valence-corrected chi connectivity index (χ0v) is 8.48. The molecule has 1 N–H and O–H groups in total. The number of hydrogen-bond acceptors (Lipinski definition) is 2. The molecule has 0 spiro atoms. The zero-order chi connectivity index (χ0) is 9.97. The van der Waals surface area contributed by atoms with E-state index in [1.807, 2.05) is 4.90 Å². The number of hydrogen-bond donors (Lipinski definition) is 1. The van der Waals surface area contributed by atoms with Crippen molar-refractivity contribution in [2.45, 2.75) is 31.7 Å². The number of nitrogens with zero attached hydrogens (tertiary/aromatic N) is 2. The van der Waals surface area contributed by atoms with Crippen molar-refractivity contribution in [3.05, 3.63) is 0 Å². The molecule has 1 saturated heterocycles. The Kier molecular flexibility index (Phi) is 2.91. The van der Waals surface area contributed by atoms with Crippen LogP contribution in [-0.4, -0.2) is 53.2 Å². The van der Waals surface area contributed by atoms with Crippen LogP contribution in [0.25, 0.3) is 0 Å². The summed E-state index contributed by atoms with van der Waals surface area (Å²) in [7, 11) is 0. The Morgan fingerprint density at radius 1 is 1.29 bits per heavy atom. The average molecular weight is 198 g/mol. The molecule has 2 amide bonds. The summed E-state index contributed by atoms with van der Waals surface area (Å²) >= 11 is 0. The second-order valence-corrected chi connectivity index (χ2v) is 4.12. The molecular formula is C10H18N2O2.